The summed E-state index contributed by atoms with van der Waals surface area (Å²) in [5, 5.41) is 5.79. The van der Waals surface area contributed by atoms with Crippen LogP contribution in [0.2, 0.25) is 0 Å². The van der Waals surface area contributed by atoms with Gasteiger partial charge in [0, 0.05) is 18.4 Å². The number of aryl methyl sites for hydroxylation is 2. The number of carbonyl (C=O) groups excluding carboxylic acids is 4. The minimum Gasteiger partial charge on any atom is -0.458 e. The van der Waals surface area contributed by atoms with Crippen molar-refractivity contribution < 1.29 is 28.7 Å². The molecule has 3 aromatic carbocycles. The van der Waals surface area contributed by atoms with Gasteiger partial charge in [-0.05, 0) is 98.4 Å². The fourth-order valence-corrected chi connectivity index (χ4v) is 5.63. The molecule has 9 heteroatoms. The minimum atomic E-state index is -1.18. The number of carbonyl (C=O) groups is 4. The van der Waals surface area contributed by atoms with E-state index in [0.29, 0.717) is 5.56 Å². The van der Waals surface area contributed by atoms with Gasteiger partial charge in [0.1, 0.15) is 29.3 Å². The Morgan fingerprint density at radius 2 is 1.16 bits per heavy atom. The van der Waals surface area contributed by atoms with Crippen LogP contribution in [0.25, 0.3) is 0 Å². The van der Waals surface area contributed by atoms with Gasteiger partial charge in [-0.1, -0.05) is 84.4 Å². The number of esters is 1. The van der Waals surface area contributed by atoms with Crippen molar-refractivity contribution in [3.05, 3.63) is 107 Å². The zero-order valence-corrected chi connectivity index (χ0v) is 31.5. The lowest BCUT2D eigenvalue weighted by Crippen LogP contribution is -2.60. The van der Waals surface area contributed by atoms with Gasteiger partial charge in [0.05, 0.1) is 0 Å². The molecule has 3 aromatic rings. The van der Waals surface area contributed by atoms with Crippen LogP contribution in [0.4, 0.5) is 4.79 Å². The quantitative estimate of drug-likeness (QED) is 0.207. The Morgan fingerprint density at radius 3 is 1.64 bits per heavy atom. The third-order valence-corrected chi connectivity index (χ3v) is 7.76. The van der Waals surface area contributed by atoms with E-state index in [1.807, 2.05) is 113 Å². The lowest BCUT2D eigenvalue weighted by Gasteiger charge is -2.43. The van der Waals surface area contributed by atoms with Gasteiger partial charge in [-0.2, -0.15) is 0 Å². The van der Waals surface area contributed by atoms with Gasteiger partial charge in [-0.3, -0.25) is 9.59 Å². The summed E-state index contributed by atoms with van der Waals surface area (Å²) in [5.74, 6) is -1.62. The van der Waals surface area contributed by atoms with E-state index in [1.54, 1.807) is 41.5 Å². The molecule has 0 saturated heterocycles. The molecule has 0 heterocycles. The number of benzene rings is 3. The maximum absolute atomic E-state index is 15.0. The summed E-state index contributed by atoms with van der Waals surface area (Å²) < 4.78 is 11.3. The van der Waals surface area contributed by atoms with E-state index in [4.69, 9.17) is 9.47 Å². The summed E-state index contributed by atoms with van der Waals surface area (Å²) in [6, 6.07) is 21.2. The molecule has 3 amide bonds. The van der Waals surface area contributed by atoms with Crippen LogP contribution in [-0.2, 0) is 36.7 Å². The van der Waals surface area contributed by atoms with Crippen molar-refractivity contribution in [2.24, 2.45) is 0 Å². The number of ether oxygens (including phenoxy) is 2. The second kappa shape index (κ2) is 16.4. The molecular formula is C41H55N3O6. The molecule has 3 unspecified atom stereocenters. The van der Waals surface area contributed by atoms with Crippen molar-refractivity contribution in [3.8, 4) is 0 Å². The molecule has 0 spiro atoms. The van der Waals surface area contributed by atoms with Gasteiger partial charge in [0.25, 0.3) is 0 Å². The minimum absolute atomic E-state index is 0.154. The Kier molecular flexibility index (Phi) is 13.0. The Morgan fingerprint density at radius 1 is 0.660 bits per heavy atom. The normalized spacial score (nSPS) is 13.7. The largest absolute Gasteiger partial charge is 0.458 e. The van der Waals surface area contributed by atoms with E-state index < -0.39 is 58.7 Å². The lowest BCUT2D eigenvalue weighted by molar-refractivity contribution is -0.159. The highest BCUT2D eigenvalue weighted by Gasteiger charge is 2.43. The molecule has 0 radical (unpaired) electrons. The summed E-state index contributed by atoms with van der Waals surface area (Å²) in [6.45, 7) is 19.9. The van der Waals surface area contributed by atoms with Crippen LogP contribution >= 0.6 is 0 Å². The van der Waals surface area contributed by atoms with Gasteiger partial charge in [0.2, 0.25) is 11.8 Å². The van der Waals surface area contributed by atoms with Gasteiger partial charge >= 0.3 is 12.1 Å². The summed E-state index contributed by atoms with van der Waals surface area (Å²) in [5.41, 5.74) is 1.40. The predicted octanol–water partition coefficient (Wildman–Crippen LogP) is 7.18. The predicted molar refractivity (Wildman–Crippen MR) is 196 cm³/mol. The fourth-order valence-electron chi connectivity index (χ4n) is 5.63. The topological polar surface area (TPSA) is 114 Å². The van der Waals surface area contributed by atoms with Crippen molar-refractivity contribution in [1.29, 1.82) is 0 Å². The molecule has 0 fully saturated rings. The number of nitrogens with one attached hydrogen (secondary N) is 2. The number of hydrogen-bond acceptors (Lipinski definition) is 6. The highest BCUT2D eigenvalue weighted by molar-refractivity contribution is 5.94. The SMILES string of the molecule is Cc1ccc(C)c(C(C(=O)NC(Cc2ccccc2)C(=O)OC(C)(C)C)N(C(=O)C(Cc2ccccc2)NC(=O)OC(C)(C)C)C(C)(C)C)c1. The van der Waals surface area contributed by atoms with E-state index in [9.17, 15) is 19.2 Å². The third-order valence-electron chi connectivity index (χ3n) is 7.76. The van der Waals surface area contributed by atoms with Crippen molar-refractivity contribution in [2.45, 2.75) is 124 Å². The number of hydrogen-bond donors (Lipinski definition) is 2. The van der Waals surface area contributed by atoms with Crippen LogP contribution in [0.3, 0.4) is 0 Å². The Hall–Kier alpha value is -4.66. The van der Waals surface area contributed by atoms with Crippen LogP contribution in [0, 0.1) is 13.8 Å². The average Bonchev–Trinajstić information content (AvgIpc) is 2.99. The number of alkyl carbamates (subject to hydrolysis) is 1. The number of rotatable bonds is 11. The highest BCUT2D eigenvalue weighted by atomic mass is 16.6. The van der Waals surface area contributed by atoms with E-state index in [2.05, 4.69) is 10.6 Å². The highest BCUT2D eigenvalue weighted by Crippen LogP contribution is 2.33. The van der Waals surface area contributed by atoms with E-state index >= 15 is 0 Å². The monoisotopic (exact) mass is 685 g/mol. The molecule has 3 atom stereocenters. The zero-order valence-electron chi connectivity index (χ0n) is 31.5. The molecule has 270 valence electrons. The smallest absolute Gasteiger partial charge is 0.408 e. The van der Waals surface area contributed by atoms with E-state index in [0.717, 1.165) is 22.3 Å². The lowest BCUT2D eigenvalue weighted by atomic mass is 9.91. The molecule has 0 aliphatic carbocycles. The van der Waals surface area contributed by atoms with Crippen LogP contribution in [0.15, 0.2) is 78.9 Å². The Labute approximate surface area is 298 Å². The van der Waals surface area contributed by atoms with Crippen LogP contribution in [0.5, 0.6) is 0 Å². The third kappa shape index (κ3) is 12.0. The van der Waals surface area contributed by atoms with E-state index in [1.165, 1.54) is 4.90 Å². The van der Waals surface area contributed by atoms with Gasteiger partial charge < -0.3 is 25.0 Å². The first-order valence-corrected chi connectivity index (χ1v) is 17.2. The molecule has 0 aliphatic rings. The van der Waals surface area contributed by atoms with Gasteiger partial charge in [-0.15, -0.1) is 0 Å². The second-order valence-electron chi connectivity index (χ2n) is 15.8. The molecule has 50 heavy (non-hydrogen) atoms. The first kappa shape index (κ1) is 39.8. The average molecular weight is 686 g/mol. The molecule has 3 rings (SSSR count). The molecule has 2 N–H and O–H groups in total. The Bertz CT molecular complexity index is 1620. The summed E-state index contributed by atoms with van der Waals surface area (Å²) >= 11 is 0. The molecule has 0 bridgehead atoms. The first-order chi connectivity index (χ1) is 23.1. The zero-order chi connectivity index (χ0) is 37.4. The van der Waals surface area contributed by atoms with Crippen molar-refractivity contribution in [2.75, 3.05) is 0 Å². The van der Waals surface area contributed by atoms with Crippen LogP contribution in [-0.4, -0.2) is 57.6 Å². The maximum Gasteiger partial charge on any atom is 0.408 e. The summed E-state index contributed by atoms with van der Waals surface area (Å²) in [7, 11) is 0. The standard InChI is InChI=1S/C41H55N3O6/c1-27-22-23-28(2)31(24-27)34(35(45)42-33(37(47)49-40(6,7)8)26-30-20-16-13-17-21-30)44(39(3,4)5)36(46)32(25-29-18-14-12-15-19-29)43-38(48)50-41(9,10)11/h12-24,32-34H,25-26H2,1-11H3,(H,42,45)(H,43,48). The molecule has 9 nitrogen and oxygen atoms in total. The van der Waals surface area contributed by atoms with E-state index in [-0.39, 0.29) is 12.8 Å². The second-order valence-corrected chi connectivity index (χ2v) is 15.8. The summed E-state index contributed by atoms with van der Waals surface area (Å²) in [6.07, 6.45) is -0.413. The summed E-state index contributed by atoms with van der Waals surface area (Å²) in [4.78, 5) is 58.2. The van der Waals surface area contributed by atoms with Crippen LogP contribution in [0.1, 0.15) is 96.2 Å². The van der Waals surface area contributed by atoms with Crippen molar-refractivity contribution in [1.82, 2.24) is 15.5 Å². The Balaban J connectivity index is 2.17. The van der Waals surface area contributed by atoms with Gasteiger partial charge in [0.15, 0.2) is 0 Å². The molecule has 0 aliphatic heterocycles. The molecule has 0 saturated carbocycles. The molecule has 0 aromatic heterocycles. The van der Waals surface area contributed by atoms with Gasteiger partial charge in [-0.25, -0.2) is 9.59 Å². The molecular weight excluding hydrogens is 630 g/mol. The first-order valence-electron chi connectivity index (χ1n) is 17.2. The van der Waals surface area contributed by atoms with Crippen molar-refractivity contribution in [3.63, 3.8) is 0 Å². The van der Waals surface area contributed by atoms with Crippen LogP contribution < -0.4 is 10.6 Å². The number of nitrogens with zero attached hydrogens (tertiary/aromatic N) is 1. The number of amides is 3. The maximum atomic E-state index is 15.0. The fraction of sp³-hybridized carbons (Fsp3) is 0.463. The van der Waals surface area contributed by atoms with Crippen molar-refractivity contribution >= 4 is 23.9 Å².